The lowest BCUT2D eigenvalue weighted by atomic mass is 10.3. The van der Waals surface area contributed by atoms with Crippen molar-refractivity contribution in [1.82, 2.24) is 20.0 Å². The van der Waals surface area contributed by atoms with Crippen molar-refractivity contribution in [2.24, 2.45) is 5.92 Å². The van der Waals surface area contributed by atoms with Gasteiger partial charge in [0.1, 0.15) is 17.9 Å². The summed E-state index contributed by atoms with van der Waals surface area (Å²) < 4.78 is 9.17. The molecule has 1 saturated carbocycles. The minimum Gasteiger partial charge on any atom is -0.487 e. The third-order valence-corrected chi connectivity index (χ3v) is 5.47. The van der Waals surface area contributed by atoms with Crippen LogP contribution in [0.4, 0.5) is 0 Å². The summed E-state index contributed by atoms with van der Waals surface area (Å²) in [6.07, 6.45) is 4.31. The van der Waals surface area contributed by atoms with Gasteiger partial charge in [0.2, 0.25) is 0 Å². The van der Waals surface area contributed by atoms with E-state index in [0.717, 1.165) is 38.6 Å². The van der Waals surface area contributed by atoms with Crippen molar-refractivity contribution in [2.45, 2.75) is 26.0 Å². The highest BCUT2D eigenvalue weighted by Crippen LogP contribution is 2.35. The van der Waals surface area contributed by atoms with Crippen molar-refractivity contribution in [3.8, 4) is 5.75 Å². The molecule has 0 amide bonds. The lowest BCUT2D eigenvalue weighted by Gasteiger charge is -2.07. The molecule has 0 bridgehead atoms. The van der Waals surface area contributed by atoms with E-state index in [1.165, 1.54) is 24.2 Å². The van der Waals surface area contributed by atoms with Crippen molar-refractivity contribution in [1.29, 1.82) is 0 Å². The van der Waals surface area contributed by atoms with Gasteiger partial charge in [0.15, 0.2) is 4.47 Å². The first kappa shape index (κ1) is 14.4. The molecule has 0 radical (unpaired) electrons. The number of benzene rings is 1. The van der Waals surface area contributed by atoms with Crippen LogP contribution in [0, 0.1) is 5.92 Å². The lowest BCUT2D eigenvalue weighted by molar-refractivity contribution is 0.308. The Kier molecular flexibility index (Phi) is 3.79. The zero-order chi connectivity index (χ0) is 15.1. The predicted molar refractivity (Wildman–Crippen MR) is 89.4 cm³/mol. The topological polar surface area (TPSA) is 52.8 Å². The van der Waals surface area contributed by atoms with Crippen molar-refractivity contribution in [3.05, 3.63) is 32.1 Å². The van der Waals surface area contributed by atoms with Crippen LogP contribution in [0.3, 0.4) is 0 Å². The molecule has 0 unspecified atom stereocenters. The number of ether oxygens (including phenoxy) is 1. The Morgan fingerprint density at radius 3 is 3.00 bits per heavy atom. The van der Waals surface area contributed by atoms with Gasteiger partial charge in [-0.25, -0.2) is 9.67 Å². The van der Waals surface area contributed by atoms with Gasteiger partial charge in [-0.2, -0.15) is 0 Å². The molecule has 114 valence electrons. The number of rotatable bonds is 5. The molecule has 0 N–H and O–H groups in total. The molecule has 3 aromatic rings. The molecule has 0 saturated heterocycles. The second kappa shape index (κ2) is 5.79. The Hall–Kier alpha value is -1.18. The second-order valence-electron chi connectivity index (χ2n) is 5.33. The fraction of sp³-hybridized carbons (Fsp3) is 0.357. The minimum absolute atomic E-state index is 0.435. The minimum atomic E-state index is 0.435. The summed E-state index contributed by atoms with van der Waals surface area (Å²) >= 11 is 10.8. The summed E-state index contributed by atoms with van der Waals surface area (Å²) in [7, 11) is 0. The van der Waals surface area contributed by atoms with E-state index >= 15 is 0 Å². The highest BCUT2D eigenvalue weighted by atomic mass is 79.9. The predicted octanol–water partition coefficient (Wildman–Crippen LogP) is 4.29. The summed E-state index contributed by atoms with van der Waals surface area (Å²) in [5.41, 5.74) is 1.87. The van der Waals surface area contributed by atoms with E-state index in [9.17, 15) is 0 Å². The fourth-order valence-electron chi connectivity index (χ4n) is 2.28. The Bertz CT molecular complexity index is 829. The van der Waals surface area contributed by atoms with E-state index < -0.39 is 0 Å². The number of hydrogen-bond donors (Lipinski definition) is 0. The largest absolute Gasteiger partial charge is 0.487 e. The first-order valence-electron chi connectivity index (χ1n) is 6.95. The summed E-state index contributed by atoms with van der Waals surface area (Å²) in [4.78, 5) is 4.99. The first-order valence-corrected chi connectivity index (χ1v) is 8.94. The molecule has 2 aromatic heterocycles. The maximum atomic E-state index is 5.83. The standard InChI is InChI=1S/C14H12BrClN4OS/c15-12-11(21-7-9-5-17-14(16)22-9)4-3-10-13(12)18-19-20(10)6-8-1-2-8/h3-5,8H,1-2,6-7H2. The molecule has 8 heteroatoms. The third kappa shape index (κ3) is 2.85. The highest BCUT2D eigenvalue weighted by molar-refractivity contribution is 9.10. The summed E-state index contributed by atoms with van der Waals surface area (Å²) in [6.45, 7) is 1.38. The maximum absolute atomic E-state index is 5.83. The Morgan fingerprint density at radius 1 is 1.41 bits per heavy atom. The third-order valence-electron chi connectivity index (χ3n) is 3.61. The molecule has 0 atom stereocenters. The molecule has 0 aliphatic heterocycles. The van der Waals surface area contributed by atoms with Crippen LogP contribution in [-0.2, 0) is 13.2 Å². The summed E-state index contributed by atoms with van der Waals surface area (Å²) in [5.74, 6) is 1.51. The number of hydrogen-bond acceptors (Lipinski definition) is 5. The normalized spacial score (nSPS) is 14.6. The van der Waals surface area contributed by atoms with E-state index in [1.54, 1.807) is 6.20 Å². The number of aromatic nitrogens is 4. The van der Waals surface area contributed by atoms with Crippen LogP contribution in [0.1, 0.15) is 17.7 Å². The quantitative estimate of drug-likeness (QED) is 0.642. The highest BCUT2D eigenvalue weighted by Gasteiger charge is 2.23. The van der Waals surface area contributed by atoms with Crippen LogP contribution in [-0.4, -0.2) is 20.0 Å². The lowest BCUT2D eigenvalue weighted by Crippen LogP contribution is -2.01. The van der Waals surface area contributed by atoms with Crippen LogP contribution in [0.15, 0.2) is 22.8 Å². The van der Waals surface area contributed by atoms with Gasteiger partial charge in [-0.15, -0.1) is 16.4 Å². The number of halogens is 2. The Morgan fingerprint density at radius 2 is 2.27 bits per heavy atom. The molecule has 4 rings (SSSR count). The Labute approximate surface area is 144 Å². The fourth-order valence-corrected chi connectivity index (χ4v) is 3.70. The van der Waals surface area contributed by atoms with Gasteiger partial charge in [0.05, 0.1) is 14.9 Å². The van der Waals surface area contributed by atoms with Gasteiger partial charge in [0, 0.05) is 12.7 Å². The molecule has 1 aromatic carbocycles. The van der Waals surface area contributed by atoms with E-state index in [2.05, 4.69) is 31.2 Å². The zero-order valence-electron chi connectivity index (χ0n) is 11.5. The number of fused-ring (bicyclic) bond motifs is 1. The van der Waals surface area contributed by atoms with Crippen LogP contribution < -0.4 is 4.74 Å². The molecule has 1 fully saturated rings. The van der Waals surface area contributed by atoms with E-state index in [-0.39, 0.29) is 0 Å². The molecular weight excluding hydrogens is 388 g/mol. The van der Waals surface area contributed by atoms with Crippen LogP contribution in [0.25, 0.3) is 11.0 Å². The first-order chi connectivity index (χ1) is 10.7. The average Bonchev–Trinajstić information content (AvgIpc) is 3.08. The van der Waals surface area contributed by atoms with E-state index in [1.807, 2.05) is 16.8 Å². The van der Waals surface area contributed by atoms with E-state index in [4.69, 9.17) is 16.3 Å². The zero-order valence-corrected chi connectivity index (χ0v) is 14.7. The smallest absolute Gasteiger partial charge is 0.183 e. The number of thiazole rings is 1. The molecule has 22 heavy (non-hydrogen) atoms. The van der Waals surface area contributed by atoms with Gasteiger partial charge >= 0.3 is 0 Å². The van der Waals surface area contributed by atoms with Crippen molar-refractivity contribution >= 4 is 49.9 Å². The SMILES string of the molecule is Clc1ncc(COc2ccc3c(nnn3CC3CC3)c2Br)s1. The maximum Gasteiger partial charge on any atom is 0.183 e. The van der Waals surface area contributed by atoms with Crippen LogP contribution >= 0.6 is 38.9 Å². The van der Waals surface area contributed by atoms with Crippen molar-refractivity contribution in [2.75, 3.05) is 0 Å². The van der Waals surface area contributed by atoms with Gasteiger partial charge < -0.3 is 4.74 Å². The van der Waals surface area contributed by atoms with Gasteiger partial charge in [-0.3, -0.25) is 0 Å². The summed E-state index contributed by atoms with van der Waals surface area (Å²) in [5, 5.41) is 8.53. The number of nitrogens with zero attached hydrogens (tertiary/aromatic N) is 4. The molecular formula is C14H12BrClN4OS. The molecule has 5 nitrogen and oxygen atoms in total. The monoisotopic (exact) mass is 398 g/mol. The van der Waals surface area contributed by atoms with Gasteiger partial charge in [0.25, 0.3) is 0 Å². The van der Waals surface area contributed by atoms with Crippen molar-refractivity contribution in [3.63, 3.8) is 0 Å². The van der Waals surface area contributed by atoms with Crippen molar-refractivity contribution < 1.29 is 4.74 Å². The van der Waals surface area contributed by atoms with Crippen LogP contribution in [0.5, 0.6) is 5.75 Å². The van der Waals surface area contributed by atoms with Crippen LogP contribution in [0.2, 0.25) is 4.47 Å². The van der Waals surface area contributed by atoms with Gasteiger partial charge in [-0.1, -0.05) is 16.8 Å². The second-order valence-corrected chi connectivity index (χ2v) is 7.82. The molecule has 2 heterocycles. The molecule has 1 aliphatic rings. The molecule has 0 spiro atoms. The summed E-state index contributed by atoms with van der Waals surface area (Å²) in [6, 6.07) is 3.96. The van der Waals surface area contributed by atoms with Gasteiger partial charge in [-0.05, 0) is 46.8 Å². The molecule has 1 aliphatic carbocycles. The van der Waals surface area contributed by atoms with E-state index in [0.29, 0.717) is 11.1 Å². The average molecular weight is 400 g/mol. The Balaban J connectivity index is 1.57.